The van der Waals surface area contributed by atoms with Crippen LogP contribution in [-0.4, -0.2) is 18.5 Å². The molecular formula is C13H16N2O3S2. The van der Waals surface area contributed by atoms with Crippen LogP contribution in [0.1, 0.15) is 29.1 Å². The predicted molar refractivity (Wildman–Crippen MR) is 78.0 cm³/mol. The Morgan fingerprint density at radius 3 is 2.80 bits per heavy atom. The molecule has 1 unspecified atom stereocenters. The highest BCUT2D eigenvalue weighted by Crippen LogP contribution is 2.20. The first-order chi connectivity index (χ1) is 9.44. The summed E-state index contributed by atoms with van der Waals surface area (Å²) in [5.41, 5.74) is 1.47. The molecule has 0 radical (unpaired) electrons. The molecule has 0 amide bonds. The van der Waals surface area contributed by atoms with E-state index in [0.717, 1.165) is 5.56 Å². The minimum absolute atomic E-state index is 0.149. The van der Waals surface area contributed by atoms with Crippen molar-refractivity contribution in [2.75, 3.05) is 0 Å². The van der Waals surface area contributed by atoms with Crippen LogP contribution in [0.3, 0.4) is 0 Å². The molecule has 1 aromatic carbocycles. The molecule has 2 N–H and O–H groups in total. The van der Waals surface area contributed by atoms with E-state index >= 15 is 0 Å². The number of aryl methyl sites for hydroxylation is 1. The van der Waals surface area contributed by atoms with E-state index in [1.807, 2.05) is 6.92 Å². The standard InChI is InChI=1S/C13H16N2O3S2/c1-9-3-4-12(7-11(9)8-16)20(17,18)15-10(2)13-14-5-6-19-13/h3-7,10,15-16H,8H2,1-2H3. The molecule has 0 aliphatic rings. The summed E-state index contributed by atoms with van der Waals surface area (Å²) < 4.78 is 27.2. The van der Waals surface area contributed by atoms with Crippen molar-refractivity contribution in [2.45, 2.75) is 31.4 Å². The third kappa shape index (κ3) is 3.24. The van der Waals surface area contributed by atoms with Gasteiger partial charge >= 0.3 is 0 Å². The Kier molecular flexibility index (Phi) is 4.54. The summed E-state index contributed by atoms with van der Waals surface area (Å²) >= 11 is 1.40. The monoisotopic (exact) mass is 312 g/mol. The van der Waals surface area contributed by atoms with Gasteiger partial charge in [0.25, 0.3) is 0 Å². The van der Waals surface area contributed by atoms with Gasteiger partial charge in [-0.15, -0.1) is 11.3 Å². The highest BCUT2D eigenvalue weighted by atomic mass is 32.2. The van der Waals surface area contributed by atoms with Gasteiger partial charge in [-0.2, -0.15) is 0 Å². The van der Waals surface area contributed by atoms with Gasteiger partial charge < -0.3 is 5.11 Å². The van der Waals surface area contributed by atoms with Crippen molar-refractivity contribution < 1.29 is 13.5 Å². The number of aliphatic hydroxyl groups is 1. The minimum Gasteiger partial charge on any atom is -0.392 e. The molecule has 0 saturated heterocycles. The molecule has 5 nitrogen and oxygen atoms in total. The van der Waals surface area contributed by atoms with E-state index in [2.05, 4.69) is 9.71 Å². The Morgan fingerprint density at radius 2 is 2.20 bits per heavy atom. The first kappa shape index (κ1) is 15.1. The van der Waals surface area contributed by atoms with E-state index in [1.165, 1.54) is 23.5 Å². The number of hydrogen-bond acceptors (Lipinski definition) is 5. The fraction of sp³-hybridized carbons (Fsp3) is 0.308. The number of rotatable bonds is 5. The number of nitrogens with zero attached hydrogens (tertiary/aromatic N) is 1. The molecule has 7 heteroatoms. The number of nitrogens with one attached hydrogen (secondary N) is 1. The number of aliphatic hydroxyl groups excluding tert-OH is 1. The van der Waals surface area contributed by atoms with E-state index in [-0.39, 0.29) is 17.5 Å². The molecule has 0 saturated carbocycles. The van der Waals surface area contributed by atoms with Crippen LogP contribution in [0, 0.1) is 6.92 Å². The topological polar surface area (TPSA) is 79.3 Å². The van der Waals surface area contributed by atoms with Crippen LogP contribution in [0.25, 0.3) is 0 Å². The van der Waals surface area contributed by atoms with Gasteiger partial charge in [0, 0.05) is 11.6 Å². The van der Waals surface area contributed by atoms with E-state index in [1.54, 1.807) is 24.6 Å². The summed E-state index contributed by atoms with van der Waals surface area (Å²) in [5.74, 6) is 0. The maximum absolute atomic E-state index is 12.3. The van der Waals surface area contributed by atoms with Crippen LogP contribution < -0.4 is 4.72 Å². The van der Waals surface area contributed by atoms with Gasteiger partial charge in [-0.3, -0.25) is 0 Å². The Labute approximate surface area is 122 Å². The van der Waals surface area contributed by atoms with Crippen LogP contribution in [0.5, 0.6) is 0 Å². The van der Waals surface area contributed by atoms with E-state index < -0.39 is 10.0 Å². The van der Waals surface area contributed by atoms with Crippen LogP contribution in [0.2, 0.25) is 0 Å². The third-order valence-electron chi connectivity index (χ3n) is 2.96. The molecule has 1 atom stereocenters. The fourth-order valence-electron chi connectivity index (χ4n) is 1.78. The molecule has 20 heavy (non-hydrogen) atoms. The van der Waals surface area contributed by atoms with Gasteiger partial charge in [0.05, 0.1) is 17.5 Å². The summed E-state index contributed by atoms with van der Waals surface area (Å²) in [4.78, 5) is 4.24. The molecule has 0 aliphatic heterocycles. The summed E-state index contributed by atoms with van der Waals surface area (Å²) in [6.07, 6.45) is 1.64. The van der Waals surface area contributed by atoms with Crippen LogP contribution in [-0.2, 0) is 16.6 Å². The van der Waals surface area contributed by atoms with Gasteiger partial charge in [0.15, 0.2) is 0 Å². The van der Waals surface area contributed by atoms with Crippen molar-refractivity contribution in [2.24, 2.45) is 0 Å². The second kappa shape index (κ2) is 6.01. The van der Waals surface area contributed by atoms with Crippen molar-refractivity contribution in [3.8, 4) is 0 Å². The lowest BCUT2D eigenvalue weighted by atomic mass is 10.1. The zero-order valence-electron chi connectivity index (χ0n) is 11.2. The SMILES string of the molecule is Cc1ccc(S(=O)(=O)NC(C)c2nccs2)cc1CO. The number of thiazole rings is 1. The van der Waals surface area contributed by atoms with E-state index in [4.69, 9.17) is 0 Å². The molecule has 0 spiro atoms. The van der Waals surface area contributed by atoms with Crippen molar-refractivity contribution in [1.29, 1.82) is 0 Å². The normalized spacial score (nSPS) is 13.3. The highest BCUT2D eigenvalue weighted by molar-refractivity contribution is 7.89. The van der Waals surface area contributed by atoms with Crippen molar-refractivity contribution in [3.05, 3.63) is 45.9 Å². The van der Waals surface area contributed by atoms with Gasteiger partial charge in [0.2, 0.25) is 10.0 Å². The summed E-state index contributed by atoms with van der Waals surface area (Å²) in [6, 6.07) is 4.32. The maximum atomic E-state index is 12.3. The number of hydrogen-bond donors (Lipinski definition) is 2. The summed E-state index contributed by atoms with van der Waals surface area (Å²) in [7, 11) is -3.63. The third-order valence-corrected chi connectivity index (χ3v) is 5.45. The maximum Gasteiger partial charge on any atom is 0.241 e. The molecular weight excluding hydrogens is 296 g/mol. The molecule has 0 bridgehead atoms. The Bertz CT molecular complexity index is 682. The number of aromatic nitrogens is 1. The number of benzene rings is 1. The van der Waals surface area contributed by atoms with Gasteiger partial charge in [0.1, 0.15) is 5.01 Å². The largest absolute Gasteiger partial charge is 0.392 e. The van der Waals surface area contributed by atoms with Gasteiger partial charge in [-0.05, 0) is 37.1 Å². The summed E-state index contributed by atoms with van der Waals surface area (Å²) in [6.45, 7) is 3.39. The number of sulfonamides is 1. The lowest BCUT2D eigenvalue weighted by Gasteiger charge is -2.13. The van der Waals surface area contributed by atoms with Crippen LogP contribution in [0.15, 0.2) is 34.7 Å². The lowest BCUT2D eigenvalue weighted by Crippen LogP contribution is -2.27. The quantitative estimate of drug-likeness (QED) is 0.885. The van der Waals surface area contributed by atoms with Gasteiger partial charge in [-0.25, -0.2) is 18.1 Å². The first-order valence-corrected chi connectivity index (χ1v) is 8.42. The molecule has 0 fully saturated rings. The fourth-order valence-corrected chi connectivity index (χ4v) is 3.76. The van der Waals surface area contributed by atoms with Crippen molar-refractivity contribution in [3.63, 3.8) is 0 Å². The average Bonchev–Trinajstić information content (AvgIpc) is 2.92. The van der Waals surface area contributed by atoms with E-state index in [0.29, 0.717) is 10.6 Å². The average molecular weight is 312 g/mol. The molecule has 108 valence electrons. The highest BCUT2D eigenvalue weighted by Gasteiger charge is 2.20. The smallest absolute Gasteiger partial charge is 0.241 e. The zero-order chi connectivity index (χ0) is 14.8. The first-order valence-electron chi connectivity index (χ1n) is 6.06. The molecule has 1 heterocycles. The second-order valence-corrected chi connectivity index (χ2v) is 7.10. The van der Waals surface area contributed by atoms with E-state index in [9.17, 15) is 13.5 Å². The van der Waals surface area contributed by atoms with Crippen LogP contribution >= 0.6 is 11.3 Å². The second-order valence-electron chi connectivity index (χ2n) is 4.46. The molecule has 1 aromatic heterocycles. The van der Waals surface area contributed by atoms with Crippen molar-refractivity contribution in [1.82, 2.24) is 9.71 Å². The Hall–Kier alpha value is -1.28. The minimum atomic E-state index is -3.63. The Morgan fingerprint density at radius 1 is 1.45 bits per heavy atom. The predicted octanol–water partition coefficient (Wildman–Crippen LogP) is 1.98. The molecule has 2 rings (SSSR count). The Balaban J connectivity index is 2.26. The van der Waals surface area contributed by atoms with Crippen LogP contribution in [0.4, 0.5) is 0 Å². The summed E-state index contributed by atoms with van der Waals surface area (Å²) in [5, 5.41) is 11.7. The van der Waals surface area contributed by atoms with Gasteiger partial charge in [-0.1, -0.05) is 6.07 Å². The lowest BCUT2D eigenvalue weighted by molar-refractivity contribution is 0.280. The molecule has 2 aromatic rings. The zero-order valence-corrected chi connectivity index (χ0v) is 12.8. The molecule has 0 aliphatic carbocycles. The van der Waals surface area contributed by atoms with Crippen molar-refractivity contribution >= 4 is 21.4 Å².